The van der Waals surface area contributed by atoms with Crippen LogP contribution in [-0.4, -0.2) is 23.9 Å². The topological polar surface area (TPSA) is 41.1 Å². The van der Waals surface area contributed by atoms with Gasteiger partial charge in [0, 0.05) is 6.42 Å². The number of halogens is 9. The van der Waals surface area contributed by atoms with Crippen molar-refractivity contribution in [3.63, 3.8) is 0 Å². The number of amides is 2. The van der Waals surface area contributed by atoms with Gasteiger partial charge in [-0.3, -0.25) is 0 Å². The van der Waals surface area contributed by atoms with Crippen molar-refractivity contribution in [2.45, 2.75) is 24.3 Å². The Morgan fingerprint density at radius 2 is 1.34 bits per heavy atom. The zero-order valence-electron chi connectivity index (χ0n) is 14.1. The number of alkyl halides is 6. The summed E-state index contributed by atoms with van der Waals surface area (Å²) >= 11 is 0. The number of benzene rings is 2. The quantitative estimate of drug-likeness (QED) is 0.500. The highest BCUT2D eigenvalue weighted by Gasteiger charge is 2.71. The highest BCUT2D eigenvalue weighted by atomic mass is 19.4. The summed E-state index contributed by atoms with van der Waals surface area (Å²) in [6.07, 6.45) is -13.7. The van der Waals surface area contributed by atoms with E-state index in [1.54, 1.807) is 0 Å². The molecule has 2 rings (SSSR count). The van der Waals surface area contributed by atoms with Crippen molar-refractivity contribution in [3.8, 4) is 0 Å². The van der Waals surface area contributed by atoms with Gasteiger partial charge in [-0.15, -0.1) is 0 Å². The predicted octanol–water partition coefficient (Wildman–Crippen LogP) is 5.33. The lowest BCUT2D eigenvalue weighted by atomic mass is 9.89. The molecule has 0 saturated carbocycles. The molecule has 0 aliphatic rings. The smallest absolute Gasteiger partial charge is 0.316 e. The van der Waals surface area contributed by atoms with E-state index >= 15 is 0 Å². The van der Waals surface area contributed by atoms with E-state index in [0.717, 1.165) is 17.4 Å². The number of carbonyl (C=O) groups is 1. The third-order valence-electron chi connectivity index (χ3n) is 3.89. The number of carbonyl (C=O) groups excluding carboxylic acids is 1. The summed E-state index contributed by atoms with van der Waals surface area (Å²) < 4.78 is 121. The van der Waals surface area contributed by atoms with E-state index in [-0.39, 0.29) is 0 Å². The van der Waals surface area contributed by atoms with Gasteiger partial charge in [-0.25, -0.2) is 18.0 Å². The number of urea groups is 1. The molecule has 2 amide bonds. The van der Waals surface area contributed by atoms with Gasteiger partial charge in [0.25, 0.3) is 0 Å². The molecule has 0 atom stereocenters. The summed E-state index contributed by atoms with van der Waals surface area (Å²) in [5, 5.41) is 2.12. The zero-order valence-corrected chi connectivity index (χ0v) is 14.1. The van der Waals surface area contributed by atoms with E-state index in [0.29, 0.717) is 12.1 Å². The molecule has 0 heterocycles. The lowest BCUT2D eigenvalue weighted by molar-refractivity contribution is -0.303. The van der Waals surface area contributed by atoms with Crippen LogP contribution >= 0.6 is 0 Å². The van der Waals surface area contributed by atoms with E-state index < -0.39 is 59.0 Å². The van der Waals surface area contributed by atoms with E-state index in [4.69, 9.17) is 0 Å². The predicted molar refractivity (Wildman–Crippen MR) is 83.5 cm³/mol. The first-order valence-corrected chi connectivity index (χ1v) is 7.68. The molecule has 0 aliphatic carbocycles. The molecule has 3 nitrogen and oxygen atoms in total. The molecule has 0 fully saturated rings. The number of hydrogen-bond donors (Lipinski definition) is 2. The molecule has 0 spiro atoms. The summed E-state index contributed by atoms with van der Waals surface area (Å²) in [5.74, 6) is -5.73. The largest absolute Gasteiger partial charge is 0.420 e. The van der Waals surface area contributed by atoms with Crippen LogP contribution in [0.2, 0.25) is 0 Å². The van der Waals surface area contributed by atoms with E-state index in [1.165, 1.54) is 23.5 Å². The van der Waals surface area contributed by atoms with Crippen LogP contribution in [0, 0.1) is 17.5 Å². The highest BCUT2D eigenvalue weighted by Crippen LogP contribution is 2.45. The molecule has 0 saturated heterocycles. The van der Waals surface area contributed by atoms with Crippen molar-refractivity contribution in [1.29, 1.82) is 0 Å². The van der Waals surface area contributed by atoms with Crippen LogP contribution in [0.1, 0.15) is 5.56 Å². The Hall–Kier alpha value is -2.92. The average Bonchev–Trinajstić information content (AvgIpc) is 2.60. The Morgan fingerprint density at radius 3 is 1.86 bits per heavy atom. The minimum atomic E-state index is -6.01. The molecule has 12 heteroatoms. The first kappa shape index (κ1) is 22.4. The van der Waals surface area contributed by atoms with Gasteiger partial charge in [0.15, 0.2) is 17.5 Å². The van der Waals surface area contributed by atoms with Gasteiger partial charge in [-0.2, -0.15) is 26.3 Å². The molecule has 0 unspecified atom stereocenters. The maximum absolute atomic E-state index is 13.6. The molecular formula is C17H11F9N2O. The van der Waals surface area contributed by atoms with E-state index in [1.807, 2.05) is 0 Å². The Morgan fingerprint density at radius 1 is 0.793 bits per heavy atom. The fourth-order valence-electron chi connectivity index (χ4n) is 2.42. The zero-order chi connectivity index (χ0) is 22.0. The second-order valence-electron chi connectivity index (χ2n) is 5.87. The SMILES string of the molecule is O=C(Nc1ccc(F)c(F)c1F)NC(Cc1ccccc1)(C(F)(F)F)C(F)(F)F. The molecule has 0 bridgehead atoms. The maximum atomic E-state index is 13.6. The first-order chi connectivity index (χ1) is 13.3. The normalized spacial score (nSPS) is 12.6. The van der Waals surface area contributed by atoms with Crippen LogP contribution in [0.15, 0.2) is 42.5 Å². The molecule has 2 aromatic carbocycles. The molecule has 0 radical (unpaired) electrons. The Balaban J connectivity index is 2.41. The highest BCUT2D eigenvalue weighted by molar-refractivity contribution is 5.90. The van der Waals surface area contributed by atoms with Gasteiger partial charge in [0.2, 0.25) is 5.54 Å². The van der Waals surface area contributed by atoms with Gasteiger partial charge >= 0.3 is 18.4 Å². The monoisotopic (exact) mass is 430 g/mol. The second kappa shape index (κ2) is 7.84. The maximum Gasteiger partial charge on any atom is 0.420 e. The van der Waals surface area contributed by atoms with Crippen molar-refractivity contribution in [2.75, 3.05) is 5.32 Å². The van der Waals surface area contributed by atoms with Crippen LogP contribution in [0.5, 0.6) is 0 Å². The van der Waals surface area contributed by atoms with Crippen molar-refractivity contribution in [1.82, 2.24) is 5.32 Å². The number of rotatable bonds is 4. The summed E-state index contributed by atoms with van der Waals surface area (Å²) in [5.41, 5.74) is -6.29. The first-order valence-electron chi connectivity index (χ1n) is 7.68. The molecule has 2 aromatic rings. The van der Waals surface area contributed by atoms with Gasteiger partial charge in [-0.05, 0) is 17.7 Å². The van der Waals surface area contributed by atoms with Crippen LogP contribution in [0.4, 0.5) is 50.0 Å². The van der Waals surface area contributed by atoms with Crippen LogP contribution in [-0.2, 0) is 6.42 Å². The number of hydrogen-bond acceptors (Lipinski definition) is 1. The third-order valence-corrected chi connectivity index (χ3v) is 3.89. The minimum absolute atomic E-state index is 0.332. The molecular weight excluding hydrogens is 419 g/mol. The van der Waals surface area contributed by atoms with Gasteiger partial charge in [-0.1, -0.05) is 30.3 Å². The summed E-state index contributed by atoms with van der Waals surface area (Å²) in [4.78, 5) is 11.9. The lowest BCUT2D eigenvalue weighted by Gasteiger charge is -2.38. The fraction of sp³-hybridized carbons (Fsp3) is 0.235. The van der Waals surface area contributed by atoms with Gasteiger partial charge < -0.3 is 10.6 Å². The van der Waals surface area contributed by atoms with E-state index in [2.05, 4.69) is 0 Å². The van der Waals surface area contributed by atoms with Crippen LogP contribution < -0.4 is 10.6 Å². The summed E-state index contributed by atoms with van der Waals surface area (Å²) in [7, 11) is 0. The molecule has 158 valence electrons. The molecule has 2 N–H and O–H groups in total. The fourth-order valence-corrected chi connectivity index (χ4v) is 2.42. The summed E-state index contributed by atoms with van der Waals surface area (Å²) in [6.45, 7) is 0. The van der Waals surface area contributed by atoms with Gasteiger partial charge in [0.05, 0.1) is 5.69 Å². The van der Waals surface area contributed by atoms with Crippen LogP contribution in [0.3, 0.4) is 0 Å². The van der Waals surface area contributed by atoms with Crippen molar-refractivity contribution in [3.05, 3.63) is 65.5 Å². The van der Waals surface area contributed by atoms with Crippen molar-refractivity contribution in [2.24, 2.45) is 0 Å². The molecule has 0 aromatic heterocycles. The van der Waals surface area contributed by atoms with Crippen LogP contribution in [0.25, 0.3) is 0 Å². The Labute approximate surface area is 157 Å². The number of nitrogens with one attached hydrogen (secondary N) is 2. The standard InChI is InChI=1S/C17H11F9N2O/c18-10-6-7-11(13(20)12(10)19)27-14(29)28-15(16(21,22)23,17(24,25)26)8-9-4-2-1-3-5-9/h1-7H,8H2,(H2,27,28,29). The molecule has 0 aliphatic heterocycles. The summed E-state index contributed by atoms with van der Waals surface area (Å²) in [6, 6.07) is 4.37. The second-order valence-corrected chi connectivity index (χ2v) is 5.87. The van der Waals surface area contributed by atoms with E-state index in [9.17, 15) is 44.3 Å². The number of anilines is 1. The lowest BCUT2D eigenvalue weighted by Crippen LogP contribution is -2.69. The van der Waals surface area contributed by atoms with Gasteiger partial charge in [0.1, 0.15) is 0 Å². The molecule has 29 heavy (non-hydrogen) atoms. The van der Waals surface area contributed by atoms with Crippen molar-refractivity contribution >= 4 is 11.7 Å². The minimum Gasteiger partial charge on any atom is -0.316 e. The Bertz CT molecular complexity index is 865. The Kier molecular flexibility index (Phi) is 6.04. The average molecular weight is 430 g/mol. The van der Waals surface area contributed by atoms with Crippen molar-refractivity contribution < 1.29 is 44.3 Å². The third kappa shape index (κ3) is 4.57.